The predicted octanol–water partition coefficient (Wildman–Crippen LogP) is 7.27. The van der Waals surface area contributed by atoms with Gasteiger partial charge < -0.3 is 10.2 Å². The topological polar surface area (TPSA) is 41.1 Å². The Morgan fingerprint density at radius 3 is 2.27 bits per heavy atom. The van der Waals surface area contributed by atoms with E-state index in [2.05, 4.69) is 105 Å². The predicted molar refractivity (Wildman–Crippen MR) is 133 cm³/mol. The van der Waals surface area contributed by atoms with Crippen molar-refractivity contribution in [3.05, 3.63) is 64.2 Å². The maximum atomic E-state index is 4.61. The Morgan fingerprint density at radius 2 is 1.63 bits per heavy atom. The van der Waals surface area contributed by atoms with Crippen LogP contribution in [0.25, 0.3) is 21.3 Å². The minimum absolute atomic E-state index is 0.851. The summed E-state index contributed by atoms with van der Waals surface area (Å²) in [6.45, 7) is 8.55. The molecule has 30 heavy (non-hydrogen) atoms. The molecule has 4 nitrogen and oxygen atoms in total. The molecule has 2 aromatic heterocycles. The molecule has 0 unspecified atom stereocenters. The molecule has 0 bridgehead atoms. The lowest BCUT2D eigenvalue weighted by atomic mass is 10.0. The molecule has 0 saturated carbocycles. The Bertz CT molecular complexity index is 1130. The molecule has 0 spiro atoms. The van der Waals surface area contributed by atoms with Gasteiger partial charge in [-0.3, -0.25) is 0 Å². The third-order valence-electron chi connectivity index (χ3n) is 5.27. The Balaban J connectivity index is 1.76. The van der Waals surface area contributed by atoms with Crippen molar-refractivity contribution in [2.45, 2.75) is 27.2 Å². The van der Waals surface area contributed by atoms with Gasteiger partial charge in [-0.2, -0.15) is 0 Å². The lowest BCUT2D eigenvalue weighted by Gasteiger charge is -2.21. The third-order valence-corrected chi connectivity index (χ3v) is 7.04. The van der Waals surface area contributed by atoms with Gasteiger partial charge in [0.15, 0.2) is 0 Å². The molecular weight excluding hydrogens is 456 g/mol. The SMILES string of the molecule is CCc1sc2ncnc(Nc3ccc(N(CC)CC)cc3)c2c1-c1ccc(Br)cc1. The lowest BCUT2D eigenvalue weighted by molar-refractivity contribution is 0.866. The van der Waals surface area contributed by atoms with Crippen molar-refractivity contribution in [2.24, 2.45) is 0 Å². The molecule has 1 N–H and O–H groups in total. The van der Waals surface area contributed by atoms with Crippen LogP contribution in [0.4, 0.5) is 17.2 Å². The molecule has 154 valence electrons. The zero-order valence-corrected chi connectivity index (χ0v) is 19.8. The van der Waals surface area contributed by atoms with Crippen molar-refractivity contribution in [2.75, 3.05) is 23.3 Å². The van der Waals surface area contributed by atoms with Gasteiger partial charge in [-0.1, -0.05) is 35.0 Å². The van der Waals surface area contributed by atoms with Crippen LogP contribution in [0.5, 0.6) is 0 Å². The van der Waals surface area contributed by atoms with Crippen LogP contribution in [-0.4, -0.2) is 23.1 Å². The number of aromatic nitrogens is 2. The molecule has 0 atom stereocenters. The summed E-state index contributed by atoms with van der Waals surface area (Å²) in [6, 6.07) is 17.0. The Hall–Kier alpha value is -2.44. The normalized spacial score (nSPS) is 11.1. The second kappa shape index (κ2) is 9.14. The molecular formula is C24H25BrN4S. The maximum Gasteiger partial charge on any atom is 0.143 e. The lowest BCUT2D eigenvalue weighted by Crippen LogP contribution is -2.21. The van der Waals surface area contributed by atoms with Crippen LogP contribution in [0.2, 0.25) is 0 Å². The zero-order valence-electron chi connectivity index (χ0n) is 17.4. The first-order valence-electron chi connectivity index (χ1n) is 10.3. The van der Waals surface area contributed by atoms with E-state index in [4.69, 9.17) is 0 Å². The molecule has 0 fully saturated rings. The summed E-state index contributed by atoms with van der Waals surface area (Å²) in [6.07, 6.45) is 2.61. The van der Waals surface area contributed by atoms with E-state index in [1.807, 2.05) is 0 Å². The smallest absolute Gasteiger partial charge is 0.143 e. The Morgan fingerprint density at radius 1 is 0.933 bits per heavy atom. The fourth-order valence-electron chi connectivity index (χ4n) is 3.73. The summed E-state index contributed by atoms with van der Waals surface area (Å²) >= 11 is 5.29. The quantitative estimate of drug-likeness (QED) is 0.301. The van der Waals surface area contributed by atoms with Crippen LogP contribution >= 0.6 is 27.3 Å². The van der Waals surface area contributed by atoms with E-state index in [0.717, 1.165) is 45.7 Å². The van der Waals surface area contributed by atoms with Crippen LogP contribution in [0.1, 0.15) is 25.6 Å². The average molecular weight is 481 g/mol. The van der Waals surface area contributed by atoms with E-state index in [1.54, 1.807) is 17.7 Å². The van der Waals surface area contributed by atoms with Crippen molar-refractivity contribution < 1.29 is 0 Å². The van der Waals surface area contributed by atoms with Crippen LogP contribution < -0.4 is 10.2 Å². The molecule has 0 saturated heterocycles. The molecule has 0 aliphatic heterocycles. The van der Waals surface area contributed by atoms with Gasteiger partial charge in [-0.15, -0.1) is 11.3 Å². The fraction of sp³-hybridized carbons (Fsp3) is 0.250. The van der Waals surface area contributed by atoms with Crippen molar-refractivity contribution in [1.82, 2.24) is 9.97 Å². The second-order valence-corrected chi connectivity index (χ2v) is 9.01. The fourth-order valence-corrected chi connectivity index (χ4v) is 5.09. The molecule has 0 radical (unpaired) electrons. The summed E-state index contributed by atoms with van der Waals surface area (Å²) in [7, 11) is 0. The number of benzene rings is 2. The number of hydrogen-bond acceptors (Lipinski definition) is 5. The first-order valence-corrected chi connectivity index (χ1v) is 11.9. The first-order chi connectivity index (χ1) is 14.6. The zero-order chi connectivity index (χ0) is 21.1. The van der Waals surface area contributed by atoms with Crippen LogP contribution in [0.3, 0.4) is 0 Å². The van der Waals surface area contributed by atoms with E-state index in [-0.39, 0.29) is 0 Å². The Kier molecular flexibility index (Phi) is 6.35. The van der Waals surface area contributed by atoms with Crippen molar-refractivity contribution in [1.29, 1.82) is 0 Å². The van der Waals surface area contributed by atoms with Gasteiger partial charge in [-0.25, -0.2) is 9.97 Å². The van der Waals surface area contributed by atoms with Gasteiger partial charge in [0.1, 0.15) is 17.0 Å². The number of fused-ring (bicyclic) bond motifs is 1. The van der Waals surface area contributed by atoms with Crippen LogP contribution in [-0.2, 0) is 6.42 Å². The molecule has 0 aliphatic carbocycles. The summed E-state index contributed by atoms with van der Waals surface area (Å²) in [4.78, 5) is 13.9. The molecule has 4 aromatic rings. The molecule has 4 rings (SSSR count). The number of rotatable bonds is 7. The summed E-state index contributed by atoms with van der Waals surface area (Å²) in [5.74, 6) is 0.851. The highest BCUT2D eigenvalue weighted by molar-refractivity contribution is 9.10. The van der Waals surface area contributed by atoms with Crippen molar-refractivity contribution in [3.8, 4) is 11.1 Å². The number of nitrogens with one attached hydrogen (secondary N) is 1. The molecule has 6 heteroatoms. The van der Waals surface area contributed by atoms with Crippen molar-refractivity contribution in [3.63, 3.8) is 0 Å². The third kappa shape index (κ3) is 4.07. The van der Waals surface area contributed by atoms with Crippen LogP contribution in [0.15, 0.2) is 59.3 Å². The van der Waals surface area contributed by atoms with E-state index in [0.29, 0.717) is 0 Å². The molecule has 0 amide bonds. The van der Waals surface area contributed by atoms with E-state index >= 15 is 0 Å². The molecule has 2 heterocycles. The number of thiophene rings is 1. The van der Waals surface area contributed by atoms with Gasteiger partial charge in [0, 0.05) is 39.4 Å². The molecule has 0 aliphatic rings. The largest absolute Gasteiger partial charge is 0.372 e. The highest BCUT2D eigenvalue weighted by Crippen LogP contribution is 2.42. The summed E-state index contributed by atoms with van der Waals surface area (Å²) < 4.78 is 1.08. The summed E-state index contributed by atoms with van der Waals surface area (Å²) in [5.41, 5.74) is 4.68. The second-order valence-electron chi connectivity index (χ2n) is 7.01. The monoisotopic (exact) mass is 480 g/mol. The van der Waals surface area contributed by atoms with E-state index < -0.39 is 0 Å². The number of halogens is 1. The minimum Gasteiger partial charge on any atom is -0.372 e. The maximum absolute atomic E-state index is 4.61. The van der Waals surface area contributed by atoms with Gasteiger partial charge in [0.25, 0.3) is 0 Å². The van der Waals surface area contributed by atoms with Gasteiger partial charge in [0.2, 0.25) is 0 Å². The average Bonchev–Trinajstić information content (AvgIpc) is 3.16. The molecule has 2 aromatic carbocycles. The number of hydrogen-bond donors (Lipinski definition) is 1. The van der Waals surface area contributed by atoms with Crippen LogP contribution in [0, 0.1) is 0 Å². The highest BCUT2D eigenvalue weighted by Gasteiger charge is 2.18. The van der Waals surface area contributed by atoms with Gasteiger partial charge in [-0.05, 0) is 62.2 Å². The van der Waals surface area contributed by atoms with Gasteiger partial charge in [0.05, 0.1) is 5.39 Å². The van der Waals surface area contributed by atoms with Gasteiger partial charge >= 0.3 is 0 Å². The van der Waals surface area contributed by atoms with E-state index in [1.165, 1.54) is 21.7 Å². The number of aryl methyl sites for hydroxylation is 1. The number of nitrogens with zero attached hydrogens (tertiary/aromatic N) is 3. The van der Waals surface area contributed by atoms with E-state index in [9.17, 15) is 0 Å². The Labute approximate surface area is 190 Å². The summed E-state index contributed by atoms with van der Waals surface area (Å²) in [5, 5.41) is 4.63. The van der Waals surface area contributed by atoms with Crippen molar-refractivity contribution >= 4 is 54.7 Å². The standard InChI is InChI=1S/C24H25BrN4S/c1-4-20-21(16-7-9-17(25)10-8-16)22-23(26-15-27-24(22)30-20)28-18-11-13-19(14-12-18)29(5-2)6-3/h7-15H,4-6H2,1-3H3,(H,26,27,28). The highest BCUT2D eigenvalue weighted by atomic mass is 79.9. The minimum atomic E-state index is 0.851. The first kappa shape index (κ1) is 20.8. The number of anilines is 3.